The van der Waals surface area contributed by atoms with E-state index in [-0.39, 0.29) is 12.5 Å². The third kappa shape index (κ3) is 2.63. The van der Waals surface area contributed by atoms with Crippen LogP contribution >= 0.6 is 23.4 Å². The average molecular weight is 217 g/mol. The predicted molar refractivity (Wildman–Crippen MR) is 58.7 cm³/mol. The Labute approximate surface area is 88.1 Å². The van der Waals surface area contributed by atoms with Gasteiger partial charge in [0.1, 0.15) is 0 Å². The van der Waals surface area contributed by atoms with Crippen LogP contribution in [0.1, 0.15) is 18.4 Å². The van der Waals surface area contributed by atoms with Crippen LogP contribution in [0.25, 0.3) is 0 Å². The van der Waals surface area contributed by atoms with E-state index in [1.165, 1.54) is 4.90 Å². The minimum absolute atomic E-state index is 0.154. The molecule has 1 aromatic carbocycles. The summed E-state index contributed by atoms with van der Waals surface area (Å²) in [4.78, 5) is 1.19. The maximum Gasteiger partial charge on any atom is 0.0497 e. The van der Waals surface area contributed by atoms with E-state index in [4.69, 9.17) is 16.7 Å². The summed E-state index contributed by atoms with van der Waals surface area (Å²) < 4.78 is 0. The van der Waals surface area contributed by atoms with E-state index in [1.807, 2.05) is 31.4 Å². The first-order chi connectivity index (χ1) is 6.19. The molecule has 0 heterocycles. The van der Waals surface area contributed by atoms with Gasteiger partial charge in [-0.15, -0.1) is 11.8 Å². The minimum Gasteiger partial charge on any atom is -0.396 e. The third-order valence-electron chi connectivity index (χ3n) is 2.00. The largest absolute Gasteiger partial charge is 0.396 e. The molecule has 0 saturated heterocycles. The van der Waals surface area contributed by atoms with Crippen LogP contribution in [0.2, 0.25) is 5.02 Å². The Morgan fingerprint density at radius 3 is 2.77 bits per heavy atom. The van der Waals surface area contributed by atoms with Crippen molar-refractivity contribution in [1.82, 2.24) is 0 Å². The van der Waals surface area contributed by atoms with E-state index >= 15 is 0 Å². The van der Waals surface area contributed by atoms with Gasteiger partial charge >= 0.3 is 0 Å². The lowest BCUT2D eigenvalue weighted by atomic mass is 10.0. The van der Waals surface area contributed by atoms with Crippen LogP contribution in [0.4, 0.5) is 0 Å². The Bertz CT molecular complexity index is 288. The normalized spacial score (nSPS) is 12.9. The molecule has 0 aliphatic rings. The first-order valence-electron chi connectivity index (χ1n) is 4.13. The summed E-state index contributed by atoms with van der Waals surface area (Å²) in [6.45, 7) is 2.15. The van der Waals surface area contributed by atoms with Gasteiger partial charge in [0.25, 0.3) is 0 Å². The van der Waals surface area contributed by atoms with Crippen molar-refractivity contribution in [3.63, 3.8) is 0 Å². The van der Waals surface area contributed by atoms with Crippen molar-refractivity contribution in [3.8, 4) is 0 Å². The van der Waals surface area contributed by atoms with Crippen molar-refractivity contribution >= 4 is 23.4 Å². The molecule has 0 spiro atoms. The Morgan fingerprint density at radius 2 is 2.23 bits per heavy atom. The maximum atomic E-state index is 9.05. The zero-order valence-electron chi connectivity index (χ0n) is 7.75. The molecule has 0 aliphatic heterocycles. The maximum absolute atomic E-state index is 9.05. The molecule has 0 aliphatic carbocycles. The Hall–Kier alpha value is -0.180. The fourth-order valence-corrected chi connectivity index (χ4v) is 2.07. The number of hydrogen-bond donors (Lipinski definition) is 1. The van der Waals surface area contributed by atoms with E-state index in [0.717, 1.165) is 10.6 Å². The van der Waals surface area contributed by atoms with Crippen LogP contribution in [0.5, 0.6) is 0 Å². The zero-order chi connectivity index (χ0) is 9.84. The first kappa shape index (κ1) is 10.9. The van der Waals surface area contributed by atoms with Crippen molar-refractivity contribution in [1.29, 1.82) is 0 Å². The lowest BCUT2D eigenvalue weighted by Crippen LogP contribution is -2.00. The number of aliphatic hydroxyl groups excluding tert-OH is 1. The Morgan fingerprint density at radius 1 is 1.54 bits per heavy atom. The average Bonchev–Trinajstić information content (AvgIpc) is 2.16. The van der Waals surface area contributed by atoms with Crippen LogP contribution in [0, 0.1) is 0 Å². The van der Waals surface area contributed by atoms with E-state index in [1.54, 1.807) is 11.8 Å². The van der Waals surface area contributed by atoms with Gasteiger partial charge < -0.3 is 5.11 Å². The molecule has 13 heavy (non-hydrogen) atoms. The summed E-state index contributed by atoms with van der Waals surface area (Å²) in [5, 5.41) is 9.78. The Kier molecular flexibility index (Phi) is 4.10. The molecule has 0 radical (unpaired) electrons. The van der Waals surface area contributed by atoms with Crippen LogP contribution < -0.4 is 0 Å². The second-order valence-electron chi connectivity index (χ2n) is 2.97. The number of hydrogen-bond acceptors (Lipinski definition) is 2. The molecule has 0 fully saturated rings. The molecule has 72 valence electrons. The summed E-state index contributed by atoms with van der Waals surface area (Å²) in [5.41, 5.74) is 1.13. The number of benzene rings is 1. The van der Waals surface area contributed by atoms with E-state index in [0.29, 0.717) is 0 Å². The van der Waals surface area contributed by atoms with Gasteiger partial charge in [-0.2, -0.15) is 0 Å². The molecule has 1 nitrogen and oxygen atoms in total. The molecule has 0 saturated carbocycles. The SMILES string of the molecule is CSc1ccc(Cl)cc1C(C)CO. The van der Waals surface area contributed by atoms with Crippen molar-refractivity contribution in [2.24, 2.45) is 0 Å². The topological polar surface area (TPSA) is 20.2 Å². The van der Waals surface area contributed by atoms with Crippen LogP contribution in [-0.2, 0) is 0 Å². The van der Waals surface area contributed by atoms with Gasteiger partial charge in [0.2, 0.25) is 0 Å². The van der Waals surface area contributed by atoms with Crippen molar-refractivity contribution in [2.45, 2.75) is 17.7 Å². The summed E-state index contributed by atoms with van der Waals surface area (Å²) >= 11 is 7.56. The molecule has 0 aromatic heterocycles. The number of thioether (sulfide) groups is 1. The molecule has 1 atom stereocenters. The number of halogens is 1. The lowest BCUT2D eigenvalue weighted by Gasteiger charge is -2.12. The molecule has 1 rings (SSSR count). The van der Waals surface area contributed by atoms with Crippen molar-refractivity contribution < 1.29 is 5.11 Å². The lowest BCUT2D eigenvalue weighted by molar-refractivity contribution is 0.272. The minimum atomic E-state index is 0.154. The van der Waals surface area contributed by atoms with E-state index in [2.05, 4.69) is 0 Å². The van der Waals surface area contributed by atoms with Crippen LogP contribution in [-0.4, -0.2) is 18.0 Å². The fraction of sp³-hybridized carbons (Fsp3) is 0.400. The van der Waals surface area contributed by atoms with Gasteiger partial charge in [0, 0.05) is 22.4 Å². The molecule has 1 aromatic rings. The summed E-state index contributed by atoms with van der Waals surface area (Å²) in [6, 6.07) is 5.80. The van der Waals surface area contributed by atoms with Gasteiger partial charge in [0.15, 0.2) is 0 Å². The monoisotopic (exact) mass is 216 g/mol. The van der Waals surface area contributed by atoms with Gasteiger partial charge in [-0.05, 0) is 30.0 Å². The molecule has 0 amide bonds. The van der Waals surface area contributed by atoms with Gasteiger partial charge in [-0.1, -0.05) is 18.5 Å². The molecular formula is C10H13ClOS. The van der Waals surface area contributed by atoms with E-state index < -0.39 is 0 Å². The summed E-state index contributed by atoms with van der Waals surface area (Å²) in [7, 11) is 0. The first-order valence-corrected chi connectivity index (χ1v) is 5.73. The molecule has 1 N–H and O–H groups in total. The highest BCUT2D eigenvalue weighted by atomic mass is 35.5. The third-order valence-corrected chi connectivity index (χ3v) is 3.04. The summed E-state index contributed by atoms with van der Waals surface area (Å²) in [6.07, 6.45) is 2.02. The molecule has 3 heteroatoms. The van der Waals surface area contributed by atoms with Gasteiger partial charge in [-0.25, -0.2) is 0 Å². The molecule has 1 unspecified atom stereocenters. The second kappa shape index (κ2) is 4.89. The predicted octanol–water partition coefficient (Wildman–Crippen LogP) is 3.16. The van der Waals surface area contributed by atoms with Crippen molar-refractivity contribution in [2.75, 3.05) is 12.9 Å². The van der Waals surface area contributed by atoms with Crippen LogP contribution in [0.3, 0.4) is 0 Å². The molecule has 0 bridgehead atoms. The standard InChI is InChI=1S/C10H13ClOS/c1-7(6-12)9-5-8(11)3-4-10(9)13-2/h3-5,7,12H,6H2,1-2H3. The van der Waals surface area contributed by atoms with Crippen LogP contribution in [0.15, 0.2) is 23.1 Å². The van der Waals surface area contributed by atoms with Gasteiger partial charge in [-0.3, -0.25) is 0 Å². The fourth-order valence-electron chi connectivity index (χ4n) is 1.19. The highest BCUT2D eigenvalue weighted by Crippen LogP contribution is 2.29. The van der Waals surface area contributed by atoms with Crippen molar-refractivity contribution in [3.05, 3.63) is 28.8 Å². The number of aliphatic hydroxyl groups is 1. The number of rotatable bonds is 3. The quantitative estimate of drug-likeness (QED) is 0.784. The highest BCUT2D eigenvalue weighted by molar-refractivity contribution is 7.98. The van der Waals surface area contributed by atoms with Gasteiger partial charge in [0.05, 0.1) is 0 Å². The smallest absolute Gasteiger partial charge is 0.0497 e. The highest BCUT2D eigenvalue weighted by Gasteiger charge is 2.09. The van der Waals surface area contributed by atoms with E-state index in [9.17, 15) is 0 Å². The second-order valence-corrected chi connectivity index (χ2v) is 4.25. The summed E-state index contributed by atoms with van der Waals surface area (Å²) in [5.74, 6) is 0.154. The zero-order valence-corrected chi connectivity index (χ0v) is 9.32. The Balaban J connectivity index is 3.07. The molecular weight excluding hydrogens is 204 g/mol.